The van der Waals surface area contributed by atoms with Gasteiger partial charge < -0.3 is 15.6 Å². The van der Waals surface area contributed by atoms with E-state index in [1.807, 2.05) is 7.05 Å². The number of hydrogen-bond acceptors (Lipinski definition) is 1. The SMILES string of the molecule is CCCCCNC(=NC)NCCc1c[nH]c2cccc(C)c12. The lowest BCUT2D eigenvalue weighted by Gasteiger charge is -2.11. The van der Waals surface area contributed by atoms with Gasteiger partial charge in [0.2, 0.25) is 0 Å². The van der Waals surface area contributed by atoms with Gasteiger partial charge in [-0.05, 0) is 37.0 Å². The molecule has 0 aliphatic rings. The highest BCUT2D eigenvalue weighted by Crippen LogP contribution is 2.22. The third-order valence-corrected chi connectivity index (χ3v) is 3.98. The molecule has 0 spiro atoms. The molecule has 0 saturated carbocycles. The van der Waals surface area contributed by atoms with E-state index in [1.54, 1.807) is 0 Å². The van der Waals surface area contributed by atoms with Crippen LogP contribution in [0.4, 0.5) is 0 Å². The lowest BCUT2D eigenvalue weighted by atomic mass is 10.1. The number of aromatic amines is 1. The summed E-state index contributed by atoms with van der Waals surface area (Å²) >= 11 is 0. The van der Waals surface area contributed by atoms with Crippen molar-refractivity contribution in [3.05, 3.63) is 35.5 Å². The maximum absolute atomic E-state index is 4.27. The van der Waals surface area contributed by atoms with Crippen LogP contribution in [0.15, 0.2) is 29.4 Å². The first kappa shape index (κ1) is 16.4. The Balaban J connectivity index is 1.84. The highest BCUT2D eigenvalue weighted by Gasteiger charge is 2.06. The summed E-state index contributed by atoms with van der Waals surface area (Å²) in [6.07, 6.45) is 6.81. The van der Waals surface area contributed by atoms with E-state index < -0.39 is 0 Å². The van der Waals surface area contributed by atoms with Crippen molar-refractivity contribution in [1.29, 1.82) is 0 Å². The van der Waals surface area contributed by atoms with Crippen molar-refractivity contribution in [3.63, 3.8) is 0 Å². The van der Waals surface area contributed by atoms with Gasteiger partial charge in [0.05, 0.1) is 0 Å². The van der Waals surface area contributed by atoms with Gasteiger partial charge in [0.15, 0.2) is 5.96 Å². The Morgan fingerprint density at radius 1 is 1.18 bits per heavy atom. The molecule has 1 aromatic carbocycles. The van der Waals surface area contributed by atoms with Gasteiger partial charge in [-0.15, -0.1) is 0 Å². The summed E-state index contributed by atoms with van der Waals surface area (Å²) in [5, 5.41) is 8.11. The van der Waals surface area contributed by atoms with Crippen LogP contribution in [0.25, 0.3) is 10.9 Å². The number of aliphatic imine (C=N–C) groups is 1. The first-order chi connectivity index (χ1) is 10.8. The van der Waals surface area contributed by atoms with Crippen molar-refractivity contribution in [1.82, 2.24) is 15.6 Å². The van der Waals surface area contributed by atoms with Gasteiger partial charge in [0.1, 0.15) is 0 Å². The van der Waals surface area contributed by atoms with Crippen molar-refractivity contribution in [3.8, 4) is 0 Å². The summed E-state index contributed by atoms with van der Waals surface area (Å²) in [6.45, 7) is 6.26. The molecule has 4 nitrogen and oxygen atoms in total. The molecule has 0 unspecified atom stereocenters. The van der Waals surface area contributed by atoms with Gasteiger partial charge >= 0.3 is 0 Å². The molecule has 0 aliphatic heterocycles. The Kier molecular flexibility index (Phi) is 6.31. The van der Waals surface area contributed by atoms with Crippen LogP contribution in [0, 0.1) is 6.92 Å². The fraction of sp³-hybridized carbons (Fsp3) is 0.500. The lowest BCUT2D eigenvalue weighted by Crippen LogP contribution is -2.38. The minimum absolute atomic E-state index is 0.884. The molecule has 0 bridgehead atoms. The molecule has 0 atom stereocenters. The minimum atomic E-state index is 0.884. The first-order valence-corrected chi connectivity index (χ1v) is 8.26. The number of fused-ring (bicyclic) bond motifs is 1. The Hall–Kier alpha value is -1.97. The van der Waals surface area contributed by atoms with Gasteiger partial charge in [-0.2, -0.15) is 0 Å². The number of benzene rings is 1. The van der Waals surface area contributed by atoms with Crippen molar-refractivity contribution in [2.45, 2.75) is 39.5 Å². The number of aromatic nitrogens is 1. The summed E-state index contributed by atoms with van der Waals surface area (Å²) in [5.41, 5.74) is 3.91. The second-order valence-electron chi connectivity index (χ2n) is 5.69. The zero-order chi connectivity index (χ0) is 15.8. The van der Waals surface area contributed by atoms with E-state index >= 15 is 0 Å². The molecular weight excluding hydrogens is 272 g/mol. The zero-order valence-corrected chi connectivity index (χ0v) is 14.0. The molecule has 22 heavy (non-hydrogen) atoms. The van der Waals surface area contributed by atoms with Crippen LogP contribution in [0.2, 0.25) is 0 Å². The molecule has 0 saturated heterocycles. The molecule has 1 aromatic heterocycles. The Morgan fingerprint density at radius 2 is 2.00 bits per heavy atom. The first-order valence-electron chi connectivity index (χ1n) is 8.26. The number of nitrogens with zero attached hydrogens (tertiary/aromatic N) is 1. The number of guanidine groups is 1. The molecule has 2 aromatic rings. The molecule has 4 heteroatoms. The molecule has 120 valence electrons. The maximum atomic E-state index is 4.27. The normalized spacial score (nSPS) is 11.9. The fourth-order valence-electron chi connectivity index (χ4n) is 2.77. The third-order valence-electron chi connectivity index (χ3n) is 3.98. The van der Waals surface area contributed by atoms with Gasteiger partial charge in [-0.25, -0.2) is 0 Å². The number of H-pyrrole nitrogens is 1. The molecule has 0 radical (unpaired) electrons. The van der Waals surface area contributed by atoms with Crippen molar-refractivity contribution < 1.29 is 0 Å². The average Bonchev–Trinajstić information content (AvgIpc) is 2.94. The van der Waals surface area contributed by atoms with Crippen LogP contribution in [0.1, 0.15) is 37.3 Å². The van der Waals surface area contributed by atoms with E-state index in [2.05, 4.69) is 58.9 Å². The van der Waals surface area contributed by atoms with Crippen LogP contribution >= 0.6 is 0 Å². The molecule has 0 amide bonds. The highest BCUT2D eigenvalue weighted by atomic mass is 15.2. The van der Waals surface area contributed by atoms with Gasteiger partial charge in [-0.3, -0.25) is 4.99 Å². The molecule has 2 rings (SSSR count). The number of unbranched alkanes of at least 4 members (excludes halogenated alkanes) is 2. The van der Waals surface area contributed by atoms with Crippen LogP contribution < -0.4 is 10.6 Å². The minimum Gasteiger partial charge on any atom is -0.361 e. The van der Waals surface area contributed by atoms with Crippen LogP contribution in [-0.4, -0.2) is 31.1 Å². The predicted octanol–water partition coefficient (Wildman–Crippen LogP) is 3.37. The topological polar surface area (TPSA) is 52.2 Å². The second-order valence-corrected chi connectivity index (χ2v) is 5.69. The summed E-state index contributed by atoms with van der Waals surface area (Å²) in [4.78, 5) is 7.63. The van der Waals surface area contributed by atoms with Crippen molar-refractivity contribution in [2.24, 2.45) is 4.99 Å². The van der Waals surface area contributed by atoms with Gasteiger partial charge in [-0.1, -0.05) is 31.9 Å². The predicted molar refractivity (Wildman–Crippen MR) is 95.6 cm³/mol. The lowest BCUT2D eigenvalue weighted by molar-refractivity contribution is 0.682. The standard InChI is InChI=1S/C18H28N4/c1-4-5-6-11-20-18(19-3)21-12-10-15-13-22-16-9-7-8-14(2)17(15)16/h7-9,13,22H,4-6,10-12H2,1-3H3,(H2,19,20,21). The van der Waals surface area contributed by atoms with Crippen molar-refractivity contribution in [2.75, 3.05) is 20.1 Å². The van der Waals surface area contributed by atoms with E-state index in [9.17, 15) is 0 Å². The monoisotopic (exact) mass is 300 g/mol. The maximum Gasteiger partial charge on any atom is 0.190 e. The van der Waals surface area contributed by atoms with E-state index in [0.29, 0.717) is 0 Å². The molecule has 3 N–H and O–H groups in total. The molecule has 0 aliphatic carbocycles. The van der Waals surface area contributed by atoms with Crippen molar-refractivity contribution >= 4 is 16.9 Å². The quantitative estimate of drug-likeness (QED) is 0.417. The van der Waals surface area contributed by atoms with E-state index in [4.69, 9.17) is 0 Å². The smallest absolute Gasteiger partial charge is 0.190 e. The summed E-state index contributed by atoms with van der Waals surface area (Å²) in [5.74, 6) is 0.896. The Bertz CT molecular complexity index is 613. The van der Waals surface area contributed by atoms with E-state index in [1.165, 1.54) is 41.3 Å². The second kappa shape index (κ2) is 8.47. The summed E-state index contributed by atoms with van der Waals surface area (Å²) < 4.78 is 0. The van der Waals surface area contributed by atoms with Crippen LogP contribution in [0.3, 0.4) is 0 Å². The summed E-state index contributed by atoms with van der Waals surface area (Å²) in [7, 11) is 1.82. The number of rotatable bonds is 7. The molecular formula is C18H28N4. The zero-order valence-electron chi connectivity index (χ0n) is 14.0. The highest BCUT2D eigenvalue weighted by molar-refractivity contribution is 5.86. The Labute approximate surface area is 133 Å². The molecule has 0 fully saturated rings. The fourth-order valence-corrected chi connectivity index (χ4v) is 2.77. The van der Waals surface area contributed by atoms with Crippen LogP contribution in [0.5, 0.6) is 0 Å². The third kappa shape index (κ3) is 4.26. The van der Waals surface area contributed by atoms with E-state index in [0.717, 1.165) is 25.5 Å². The summed E-state index contributed by atoms with van der Waals surface area (Å²) in [6, 6.07) is 6.40. The Morgan fingerprint density at radius 3 is 2.77 bits per heavy atom. The number of hydrogen-bond donors (Lipinski definition) is 3. The average molecular weight is 300 g/mol. The van der Waals surface area contributed by atoms with Crippen LogP contribution in [-0.2, 0) is 6.42 Å². The van der Waals surface area contributed by atoms with Gasteiger partial charge in [0, 0.05) is 37.2 Å². The number of nitrogens with one attached hydrogen (secondary N) is 3. The molecule has 1 heterocycles. The van der Waals surface area contributed by atoms with E-state index in [-0.39, 0.29) is 0 Å². The largest absolute Gasteiger partial charge is 0.361 e. The van der Waals surface area contributed by atoms with Gasteiger partial charge in [0.25, 0.3) is 0 Å². The number of aryl methyl sites for hydroxylation is 1.